The van der Waals surface area contributed by atoms with Gasteiger partial charge in [-0.25, -0.2) is 0 Å². The quantitative estimate of drug-likeness (QED) is 0.621. The van der Waals surface area contributed by atoms with Crippen LogP contribution in [0, 0.1) is 11.8 Å². The predicted molar refractivity (Wildman–Crippen MR) is 64.1 cm³/mol. The molecule has 0 radical (unpaired) electrons. The zero-order valence-corrected chi connectivity index (χ0v) is 10.3. The smallest absolute Gasteiger partial charge is 0.236 e. The minimum absolute atomic E-state index is 0.0565. The van der Waals surface area contributed by atoms with Gasteiger partial charge in [0.05, 0.1) is 6.04 Å². The molecule has 1 aliphatic carbocycles. The maximum Gasteiger partial charge on any atom is 0.236 e. The zero-order valence-electron chi connectivity index (χ0n) is 10.3. The molecule has 3 atom stereocenters. The Morgan fingerprint density at radius 3 is 2.75 bits per heavy atom. The third kappa shape index (κ3) is 3.76. The van der Waals surface area contributed by atoms with Gasteiger partial charge in [-0.2, -0.15) is 0 Å². The molecule has 1 rings (SSSR count). The summed E-state index contributed by atoms with van der Waals surface area (Å²) in [5.41, 5.74) is 0. The highest BCUT2D eigenvalue weighted by molar-refractivity contribution is 5.81. The highest BCUT2D eigenvalue weighted by Gasteiger charge is 2.27. The van der Waals surface area contributed by atoms with Crippen LogP contribution in [0.2, 0.25) is 0 Å². The fraction of sp³-hybridized carbons (Fsp3) is 0.917. The van der Waals surface area contributed by atoms with E-state index in [4.69, 9.17) is 0 Å². The Morgan fingerprint density at radius 1 is 1.44 bits per heavy atom. The maximum atomic E-state index is 11.5. The fourth-order valence-corrected chi connectivity index (χ4v) is 2.37. The van der Waals surface area contributed by atoms with Crippen molar-refractivity contribution in [3.05, 3.63) is 0 Å². The monoisotopic (exact) mass is 228 g/mol. The van der Waals surface area contributed by atoms with Gasteiger partial charge in [-0.3, -0.25) is 4.79 Å². The first-order valence-corrected chi connectivity index (χ1v) is 6.31. The molecule has 1 aliphatic rings. The van der Waals surface area contributed by atoms with E-state index in [-0.39, 0.29) is 18.6 Å². The molecule has 0 aromatic rings. The summed E-state index contributed by atoms with van der Waals surface area (Å²) in [5, 5.41) is 15.2. The van der Waals surface area contributed by atoms with Crippen LogP contribution in [0.15, 0.2) is 0 Å². The first-order chi connectivity index (χ1) is 7.69. The van der Waals surface area contributed by atoms with Crippen LogP contribution in [0.4, 0.5) is 0 Å². The van der Waals surface area contributed by atoms with Gasteiger partial charge in [0.1, 0.15) is 0 Å². The summed E-state index contributed by atoms with van der Waals surface area (Å²) in [5.74, 6) is 1.01. The molecule has 0 spiro atoms. The number of aliphatic hydroxyl groups excluding tert-OH is 1. The lowest BCUT2D eigenvalue weighted by Crippen LogP contribution is -2.44. The zero-order chi connectivity index (χ0) is 12.0. The molecule has 0 bridgehead atoms. The SMILES string of the molecule is CCNC(=O)C(C)NCC1CCCC1CO. The molecule has 1 amide bonds. The van der Waals surface area contributed by atoms with Crippen molar-refractivity contribution in [1.82, 2.24) is 10.6 Å². The Bertz CT molecular complexity index is 221. The van der Waals surface area contributed by atoms with E-state index in [1.807, 2.05) is 13.8 Å². The van der Waals surface area contributed by atoms with Gasteiger partial charge in [-0.15, -0.1) is 0 Å². The maximum absolute atomic E-state index is 11.5. The number of hydrogen-bond acceptors (Lipinski definition) is 3. The summed E-state index contributed by atoms with van der Waals surface area (Å²) >= 11 is 0. The fourth-order valence-electron chi connectivity index (χ4n) is 2.37. The van der Waals surface area contributed by atoms with Crippen molar-refractivity contribution in [2.75, 3.05) is 19.7 Å². The van der Waals surface area contributed by atoms with E-state index >= 15 is 0 Å². The third-order valence-corrected chi connectivity index (χ3v) is 3.48. The van der Waals surface area contributed by atoms with Gasteiger partial charge >= 0.3 is 0 Å². The van der Waals surface area contributed by atoms with E-state index in [1.54, 1.807) is 0 Å². The Balaban J connectivity index is 2.25. The summed E-state index contributed by atoms with van der Waals surface area (Å²) in [6.45, 7) is 5.59. The number of nitrogens with one attached hydrogen (secondary N) is 2. The van der Waals surface area contributed by atoms with Crippen molar-refractivity contribution >= 4 is 5.91 Å². The molecular formula is C12H24N2O2. The number of amides is 1. The Morgan fingerprint density at radius 2 is 2.12 bits per heavy atom. The largest absolute Gasteiger partial charge is 0.396 e. The van der Waals surface area contributed by atoms with Crippen molar-refractivity contribution in [3.8, 4) is 0 Å². The molecular weight excluding hydrogens is 204 g/mol. The highest BCUT2D eigenvalue weighted by atomic mass is 16.3. The molecule has 16 heavy (non-hydrogen) atoms. The first kappa shape index (κ1) is 13.5. The second-order valence-corrected chi connectivity index (χ2v) is 4.66. The van der Waals surface area contributed by atoms with Crippen molar-refractivity contribution in [2.45, 2.75) is 39.2 Å². The normalized spacial score (nSPS) is 26.7. The standard InChI is InChI=1S/C12H24N2O2/c1-3-13-12(16)9(2)14-7-10-5-4-6-11(10)8-15/h9-11,14-15H,3-8H2,1-2H3,(H,13,16). The topological polar surface area (TPSA) is 61.4 Å². The minimum Gasteiger partial charge on any atom is -0.396 e. The van der Waals surface area contributed by atoms with E-state index in [2.05, 4.69) is 10.6 Å². The van der Waals surface area contributed by atoms with Gasteiger partial charge in [0.15, 0.2) is 0 Å². The van der Waals surface area contributed by atoms with Crippen LogP contribution in [0.5, 0.6) is 0 Å². The number of hydrogen-bond donors (Lipinski definition) is 3. The summed E-state index contributed by atoms with van der Waals surface area (Å²) in [4.78, 5) is 11.5. The van der Waals surface area contributed by atoms with Crippen molar-refractivity contribution in [1.29, 1.82) is 0 Å². The lowest BCUT2D eigenvalue weighted by molar-refractivity contribution is -0.122. The summed E-state index contributed by atoms with van der Waals surface area (Å²) in [6.07, 6.45) is 3.49. The van der Waals surface area contributed by atoms with E-state index in [0.29, 0.717) is 18.4 Å². The van der Waals surface area contributed by atoms with Gasteiger partial charge in [-0.05, 0) is 45.1 Å². The second-order valence-electron chi connectivity index (χ2n) is 4.66. The van der Waals surface area contributed by atoms with E-state index in [0.717, 1.165) is 13.0 Å². The molecule has 0 saturated heterocycles. The van der Waals surface area contributed by atoms with Crippen molar-refractivity contribution in [3.63, 3.8) is 0 Å². The molecule has 0 aliphatic heterocycles. The minimum atomic E-state index is -0.139. The summed E-state index contributed by atoms with van der Waals surface area (Å²) in [7, 11) is 0. The van der Waals surface area contributed by atoms with Crippen LogP contribution in [0.25, 0.3) is 0 Å². The molecule has 0 heterocycles. The number of carbonyl (C=O) groups excluding carboxylic acids is 1. The average Bonchev–Trinajstić information content (AvgIpc) is 2.73. The highest BCUT2D eigenvalue weighted by Crippen LogP contribution is 2.30. The lowest BCUT2D eigenvalue weighted by atomic mass is 9.97. The molecule has 0 aromatic carbocycles. The van der Waals surface area contributed by atoms with Crippen molar-refractivity contribution < 1.29 is 9.90 Å². The van der Waals surface area contributed by atoms with Gasteiger partial charge in [0, 0.05) is 13.2 Å². The van der Waals surface area contributed by atoms with Crippen molar-refractivity contribution in [2.24, 2.45) is 11.8 Å². The number of rotatable bonds is 6. The number of carbonyl (C=O) groups is 1. The van der Waals surface area contributed by atoms with Gasteiger partial charge in [0.2, 0.25) is 5.91 Å². The molecule has 4 heteroatoms. The predicted octanol–water partition coefficient (Wildman–Crippen LogP) is 0.509. The van der Waals surface area contributed by atoms with Crippen LogP contribution in [-0.4, -0.2) is 36.8 Å². The number of aliphatic hydroxyl groups is 1. The second kappa shape index (κ2) is 6.86. The van der Waals surface area contributed by atoms with E-state index in [1.165, 1.54) is 12.8 Å². The van der Waals surface area contributed by atoms with Crippen LogP contribution < -0.4 is 10.6 Å². The molecule has 0 aromatic heterocycles. The summed E-state index contributed by atoms with van der Waals surface area (Å²) < 4.78 is 0. The summed E-state index contributed by atoms with van der Waals surface area (Å²) in [6, 6.07) is -0.139. The van der Waals surface area contributed by atoms with Crippen LogP contribution >= 0.6 is 0 Å². The molecule has 4 nitrogen and oxygen atoms in total. The number of likely N-dealkylation sites (N-methyl/N-ethyl adjacent to an activating group) is 1. The molecule has 94 valence electrons. The van der Waals surface area contributed by atoms with Gasteiger partial charge in [0.25, 0.3) is 0 Å². The Labute approximate surface area is 97.8 Å². The lowest BCUT2D eigenvalue weighted by Gasteiger charge is -2.20. The Hall–Kier alpha value is -0.610. The van der Waals surface area contributed by atoms with Gasteiger partial charge < -0.3 is 15.7 Å². The Kier molecular flexibility index (Phi) is 5.77. The van der Waals surface area contributed by atoms with E-state index in [9.17, 15) is 9.90 Å². The van der Waals surface area contributed by atoms with E-state index < -0.39 is 0 Å². The third-order valence-electron chi connectivity index (χ3n) is 3.48. The molecule has 3 unspecified atom stereocenters. The van der Waals surface area contributed by atoms with Crippen LogP contribution in [-0.2, 0) is 4.79 Å². The van der Waals surface area contributed by atoms with Crippen LogP contribution in [0.1, 0.15) is 33.1 Å². The molecule has 3 N–H and O–H groups in total. The average molecular weight is 228 g/mol. The molecule has 1 saturated carbocycles. The molecule has 1 fully saturated rings. The van der Waals surface area contributed by atoms with Gasteiger partial charge in [-0.1, -0.05) is 6.42 Å². The van der Waals surface area contributed by atoms with Crippen LogP contribution in [0.3, 0.4) is 0 Å². The first-order valence-electron chi connectivity index (χ1n) is 6.31.